The first-order valence-corrected chi connectivity index (χ1v) is 7.12. The quantitative estimate of drug-likeness (QED) is 0.593. The Balaban J connectivity index is 2.54. The van der Waals surface area contributed by atoms with Gasteiger partial charge in [-0.05, 0) is 5.92 Å². The van der Waals surface area contributed by atoms with Crippen LogP contribution in [0.25, 0.3) is 0 Å². The highest BCUT2D eigenvalue weighted by Gasteiger charge is 2.14. The molecule has 0 aliphatic rings. The predicted molar refractivity (Wildman–Crippen MR) is 83.7 cm³/mol. The molecule has 21 heavy (non-hydrogen) atoms. The highest BCUT2D eigenvalue weighted by molar-refractivity contribution is 5.76. The first kappa shape index (κ1) is 17.2. The second-order valence-electron chi connectivity index (χ2n) is 4.91. The molecule has 0 fully saturated rings. The van der Waals surface area contributed by atoms with Crippen molar-refractivity contribution in [3.8, 4) is 0 Å². The van der Waals surface area contributed by atoms with Gasteiger partial charge in [0.05, 0.1) is 6.61 Å². The number of carbonyl (C=O) groups is 1. The van der Waals surface area contributed by atoms with E-state index in [0.717, 1.165) is 17.2 Å². The monoisotopic (exact) mass is 295 g/mol. The Kier molecular flexibility index (Phi) is 7.45. The lowest BCUT2D eigenvalue weighted by Crippen LogP contribution is -2.28. The largest absolute Gasteiger partial charge is 0.383 e. The van der Waals surface area contributed by atoms with Crippen LogP contribution in [-0.2, 0) is 9.53 Å². The van der Waals surface area contributed by atoms with Gasteiger partial charge in [-0.2, -0.15) is 0 Å². The molecule has 0 bridgehead atoms. The van der Waals surface area contributed by atoms with E-state index in [9.17, 15) is 4.79 Å². The summed E-state index contributed by atoms with van der Waals surface area (Å²) in [5.41, 5.74) is 1.03. The molecule has 0 radical (unpaired) electrons. The van der Waals surface area contributed by atoms with Crippen LogP contribution in [0.5, 0.6) is 0 Å². The number of anilines is 2. The maximum atomic E-state index is 11.6. The summed E-state index contributed by atoms with van der Waals surface area (Å²) < 4.78 is 4.88. The van der Waals surface area contributed by atoms with Crippen LogP contribution >= 0.6 is 0 Å². The van der Waals surface area contributed by atoms with Crippen molar-refractivity contribution in [2.45, 2.75) is 26.2 Å². The number of nitrogens with one attached hydrogen (secondary N) is 3. The number of nitrogens with zero attached hydrogens (tertiary/aromatic N) is 2. The number of hydrogen-bond donors (Lipinski definition) is 3. The van der Waals surface area contributed by atoms with Crippen molar-refractivity contribution in [2.75, 3.05) is 44.5 Å². The maximum absolute atomic E-state index is 11.6. The second kappa shape index (κ2) is 9.12. The van der Waals surface area contributed by atoms with E-state index in [2.05, 4.69) is 39.8 Å². The molecule has 1 amide bonds. The molecule has 1 aromatic heterocycles. The minimum atomic E-state index is -0.00598. The van der Waals surface area contributed by atoms with Crippen LogP contribution in [0, 0.1) is 0 Å². The summed E-state index contributed by atoms with van der Waals surface area (Å²) in [4.78, 5) is 20.1. The molecule has 0 saturated carbocycles. The molecule has 0 aliphatic carbocycles. The summed E-state index contributed by atoms with van der Waals surface area (Å²) in [5, 5.41) is 9.05. The smallest absolute Gasteiger partial charge is 0.221 e. The molecule has 0 unspecified atom stereocenters. The van der Waals surface area contributed by atoms with Gasteiger partial charge in [0.1, 0.15) is 18.0 Å². The molecule has 7 nitrogen and oxygen atoms in total. The summed E-state index contributed by atoms with van der Waals surface area (Å²) >= 11 is 0. The van der Waals surface area contributed by atoms with Crippen molar-refractivity contribution in [1.29, 1.82) is 0 Å². The first-order valence-electron chi connectivity index (χ1n) is 7.12. The van der Waals surface area contributed by atoms with Crippen LogP contribution in [0.2, 0.25) is 0 Å². The van der Waals surface area contributed by atoms with Gasteiger partial charge in [0, 0.05) is 39.2 Å². The number of amides is 1. The van der Waals surface area contributed by atoms with Gasteiger partial charge in [-0.1, -0.05) is 13.8 Å². The third-order valence-electron chi connectivity index (χ3n) is 2.97. The molecule has 118 valence electrons. The Hall–Kier alpha value is -1.89. The molecule has 1 rings (SSSR count). The van der Waals surface area contributed by atoms with Gasteiger partial charge in [0.15, 0.2) is 0 Å². The highest BCUT2D eigenvalue weighted by Crippen LogP contribution is 2.27. The van der Waals surface area contributed by atoms with Gasteiger partial charge in [0.2, 0.25) is 5.91 Å². The minimum absolute atomic E-state index is 0.00598. The average molecular weight is 295 g/mol. The van der Waals surface area contributed by atoms with E-state index >= 15 is 0 Å². The van der Waals surface area contributed by atoms with Gasteiger partial charge in [0.25, 0.3) is 0 Å². The summed E-state index contributed by atoms with van der Waals surface area (Å²) in [6.07, 6.45) is 1.90. The normalized spacial score (nSPS) is 10.5. The fraction of sp³-hybridized carbons (Fsp3) is 0.643. The van der Waals surface area contributed by atoms with E-state index < -0.39 is 0 Å². The van der Waals surface area contributed by atoms with Gasteiger partial charge in [-0.15, -0.1) is 0 Å². The molecule has 0 aromatic carbocycles. The lowest BCUT2D eigenvalue weighted by Gasteiger charge is -2.16. The van der Waals surface area contributed by atoms with E-state index in [0.29, 0.717) is 26.1 Å². The third kappa shape index (κ3) is 5.55. The molecular formula is C14H25N5O2. The summed E-state index contributed by atoms with van der Waals surface area (Å²) in [6.45, 7) is 5.75. The van der Waals surface area contributed by atoms with Crippen LogP contribution in [0.1, 0.15) is 31.7 Å². The van der Waals surface area contributed by atoms with Gasteiger partial charge in [-0.3, -0.25) is 4.79 Å². The number of ether oxygens (including phenoxy) is 1. The number of aromatic nitrogens is 2. The van der Waals surface area contributed by atoms with E-state index in [1.807, 2.05) is 7.05 Å². The van der Waals surface area contributed by atoms with Gasteiger partial charge < -0.3 is 20.7 Å². The Morgan fingerprint density at radius 1 is 1.29 bits per heavy atom. The molecule has 0 atom stereocenters. The van der Waals surface area contributed by atoms with Crippen LogP contribution < -0.4 is 16.0 Å². The number of methoxy groups -OCH3 is 1. The molecule has 1 heterocycles. The van der Waals surface area contributed by atoms with E-state index in [1.165, 1.54) is 6.33 Å². The van der Waals surface area contributed by atoms with Crippen molar-refractivity contribution in [3.05, 3.63) is 11.9 Å². The predicted octanol–water partition coefficient (Wildman–Crippen LogP) is 1.21. The molecular weight excluding hydrogens is 270 g/mol. The second-order valence-corrected chi connectivity index (χ2v) is 4.91. The zero-order valence-electron chi connectivity index (χ0n) is 13.2. The zero-order chi connectivity index (χ0) is 15.7. The molecule has 0 saturated heterocycles. The van der Waals surface area contributed by atoms with Crippen molar-refractivity contribution in [3.63, 3.8) is 0 Å². The Bertz CT molecular complexity index is 451. The standard InChI is InChI=1S/C14H25N5O2/c1-10(2)12-13(15-3)18-9-19-14(12)17-6-5-11(20)16-7-8-21-4/h9-10H,5-8H2,1-4H3,(H,16,20)(H2,15,17,18,19). The van der Waals surface area contributed by atoms with Crippen molar-refractivity contribution in [2.24, 2.45) is 0 Å². The Labute approximate surface area is 125 Å². The maximum Gasteiger partial charge on any atom is 0.221 e. The van der Waals surface area contributed by atoms with Crippen molar-refractivity contribution >= 4 is 17.5 Å². The van der Waals surface area contributed by atoms with Gasteiger partial charge in [-0.25, -0.2) is 9.97 Å². The minimum Gasteiger partial charge on any atom is -0.383 e. The summed E-state index contributed by atoms with van der Waals surface area (Å²) in [6, 6.07) is 0. The van der Waals surface area contributed by atoms with E-state index in [4.69, 9.17) is 4.74 Å². The van der Waals surface area contributed by atoms with E-state index in [-0.39, 0.29) is 11.8 Å². The summed E-state index contributed by atoms with van der Waals surface area (Å²) in [7, 11) is 3.44. The fourth-order valence-corrected chi connectivity index (χ4v) is 1.96. The zero-order valence-corrected chi connectivity index (χ0v) is 13.2. The lowest BCUT2D eigenvalue weighted by atomic mass is 10.0. The summed E-state index contributed by atoms with van der Waals surface area (Å²) in [5.74, 6) is 1.86. The fourth-order valence-electron chi connectivity index (χ4n) is 1.96. The molecule has 7 heteroatoms. The van der Waals surface area contributed by atoms with Crippen LogP contribution in [0.4, 0.5) is 11.6 Å². The van der Waals surface area contributed by atoms with Crippen LogP contribution in [-0.4, -0.2) is 49.7 Å². The van der Waals surface area contributed by atoms with Gasteiger partial charge >= 0.3 is 0 Å². The van der Waals surface area contributed by atoms with Crippen molar-refractivity contribution in [1.82, 2.24) is 15.3 Å². The highest BCUT2D eigenvalue weighted by atomic mass is 16.5. The van der Waals surface area contributed by atoms with Crippen LogP contribution in [0.15, 0.2) is 6.33 Å². The first-order chi connectivity index (χ1) is 10.1. The number of carbonyl (C=O) groups excluding carboxylic acids is 1. The number of hydrogen-bond acceptors (Lipinski definition) is 6. The lowest BCUT2D eigenvalue weighted by molar-refractivity contribution is -0.121. The Morgan fingerprint density at radius 2 is 2.00 bits per heavy atom. The topological polar surface area (TPSA) is 88.2 Å². The Morgan fingerprint density at radius 3 is 2.62 bits per heavy atom. The molecule has 0 aliphatic heterocycles. The van der Waals surface area contributed by atoms with Crippen LogP contribution in [0.3, 0.4) is 0 Å². The average Bonchev–Trinajstić information content (AvgIpc) is 2.47. The third-order valence-corrected chi connectivity index (χ3v) is 2.97. The molecule has 0 spiro atoms. The SMILES string of the molecule is CNc1ncnc(NCCC(=O)NCCOC)c1C(C)C. The van der Waals surface area contributed by atoms with E-state index in [1.54, 1.807) is 7.11 Å². The molecule has 3 N–H and O–H groups in total. The molecule has 1 aromatic rings. The number of rotatable bonds is 9. The van der Waals surface area contributed by atoms with Crippen molar-refractivity contribution < 1.29 is 9.53 Å².